The Labute approximate surface area is 185 Å². The third-order valence-corrected chi connectivity index (χ3v) is 6.24. The van der Waals surface area contributed by atoms with Gasteiger partial charge in [-0.2, -0.15) is 0 Å². The summed E-state index contributed by atoms with van der Waals surface area (Å²) in [7, 11) is 2.17. The van der Waals surface area contributed by atoms with Crippen LogP contribution in [0.3, 0.4) is 0 Å². The van der Waals surface area contributed by atoms with Crippen molar-refractivity contribution in [2.75, 3.05) is 70.9 Å². The number of likely N-dealkylation sites (N-methyl/N-ethyl adjacent to an activating group) is 1. The van der Waals surface area contributed by atoms with E-state index in [4.69, 9.17) is 0 Å². The molecule has 2 aromatic rings. The fourth-order valence-corrected chi connectivity index (χ4v) is 4.28. The lowest BCUT2D eigenvalue weighted by atomic mass is 10.0. The largest absolute Gasteiger partial charge is 0.353 e. The maximum atomic E-state index is 12.7. The smallest absolute Gasteiger partial charge is 0.251 e. The number of nitrogens with zero attached hydrogens (tertiary/aromatic N) is 4. The fourth-order valence-electron chi connectivity index (χ4n) is 4.28. The van der Waals surface area contributed by atoms with E-state index >= 15 is 0 Å². The minimum absolute atomic E-state index is 0.0169. The van der Waals surface area contributed by atoms with Crippen molar-refractivity contribution in [2.45, 2.75) is 12.5 Å². The van der Waals surface area contributed by atoms with Crippen LogP contribution in [-0.4, -0.2) is 86.6 Å². The van der Waals surface area contributed by atoms with Crippen LogP contribution >= 0.6 is 0 Å². The molecule has 1 unspecified atom stereocenters. The molecule has 0 aliphatic carbocycles. The van der Waals surface area contributed by atoms with Gasteiger partial charge in [-0.05, 0) is 37.7 Å². The first-order valence-corrected chi connectivity index (χ1v) is 11.4. The molecule has 1 amide bonds. The van der Waals surface area contributed by atoms with Crippen LogP contribution in [0.25, 0.3) is 0 Å². The number of anilines is 1. The predicted molar refractivity (Wildman–Crippen MR) is 125 cm³/mol. The van der Waals surface area contributed by atoms with Gasteiger partial charge in [0, 0.05) is 70.2 Å². The molecule has 2 N–H and O–H groups in total. The number of benzene rings is 1. The molecule has 0 bridgehead atoms. The lowest BCUT2D eigenvalue weighted by Gasteiger charge is -2.35. The van der Waals surface area contributed by atoms with Crippen molar-refractivity contribution in [2.24, 2.45) is 0 Å². The highest BCUT2D eigenvalue weighted by Crippen LogP contribution is 2.21. The molecule has 7 nitrogen and oxygen atoms in total. The van der Waals surface area contributed by atoms with E-state index in [1.165, 1.54) is 5.56 Å². The van der Waals surface area contributed by atoms with Crippen molar-refractivity contribution in [1.29, 1.82) is 0 Å². The topological polar surface area (TPSA) is 63.7 Å². The van der Waals surface area contributed by atoms with Crippen molar-refractivity contribution in [3.05, 3.63) is 59.8 Å². The third kappa shape index (κ3) is 6.03. The first-order chi connectivity index (χ1) is 15.2. The molecule has 166 valence electrons. The molecule has 2 aliphatic rings. The Morgan fingerprint density at radius 1 is 1.13 bits per heavy atom. The molecule has 2 fully saturated rings. The maximum absolute atomic E-state index is 12.7. The van der Waals surface area contributed by atoms with E-state index in [1.54, 1.807) is 12.3 Å². The average Bonchev–Trinajstić information content (AvgIpc) is 2.83. The number of hydrogen-bond acceptors (Lipinski definition) is 6. The quantitative estimate of drug-likeness (QED) is 0.661. The van der Waals surface area contributed by atoms with E-state index in [-0.39, 0.29) is 11.9 Å². The number of pyridine rings is 1. The summed E-state index contributed by atoms with van der Waals surface area (Å²) in [5.41, 5.74) is 1.96. The predicted octanol–water partition coefficient (Wildman–Crippen LogP) is 1.60. The fraction of sp³-hybridized carbons (Fsp3) is 0.500. The number of amides is 1. The number of rotatable bonds is 7. The Bertz CT molecular complexity index is 837. The number of carbonyl (C=O) groups is 1. The molecule has 4 rings (SSSR count). The zero-order chi connectivity index (χ0) is 21.5. The number of hydrogen-bond donors (Lipinski definition) is 2. The Hall–Kier alpha value is -2.48. The highest BCUT2D eigenvalue weighted by atomic mass is 16.1. The molecule has 7 heteroatoms. The summed E-state index contributed by atoms with van der Waals surface area (Å²) in [6, 6.07) is 14.5. The Morgan fingerprint density at radius 2 is 1.94 bits per heavy atom. The maximum Gasteiger partial charge on any atom is 0.251 e. The molecule has 1 aromatic carbocycles. The van der Waals surface area contributed by atoms with E-state index in [2.05, 4.69) is 61.6 Å². The van der Waals surface area contributed by atoms with Gasteiger partial charge in [0.2, 0.25) is 0 Å². The second-order valence-corrected chi connectivity index (χ2v) is 8.52. The van der Waals surface area contributed by atoms with Crippen molar-refractivity contribution in [1.82, 2.24) is 25.4 Å². The van der Waals surface area contributed by atoms with E-state index in [1.807, 2.05) is 12.1 Å². The minimum atomic E-state index is -0.0169. The molecule has 2 aliphatic heterocycles. The van der Waals surface area contributed by atoms with E-state index < -0.39 is 0 Å². The summed E-state index contributed by atoms with van der Waals surface area (Å²) in [5.74, 6) is 0.851. The van der Waals surface area contributed by atoms with Gasteiger partial charge in [-0.15, -0.1) is 0 Å². The molecule has 0 radical (unpaired) electrons. The monoisotopic (exact) mass is 422 g/mol. The molecular weight excluding hydrogens is 388 g/mol. The summed E-state index contributed by atoms with van der Waals surface area (Å²) in [6.45, 7) is 8.85. The summed E-state index contributed by atoms with van der Waals surface area (Å²) in [5, 5.41) is 6.66. The summed E-state index contributed by atoms with van der Waals surface area (Å²) in [6.07, 6.45) is 2.72. The number of carbonyl (C=O) groups excluding carboxylic acids is 1. The van der Waals surface area contributed by atoms with Gasteiger partial charge in [0.25, 0.3) is 5.91 Å². The number of nitrogens with one attached hydrogen (secondary N) is 2. The van der Waals surface area contributed by atoms with Crippen LogP contribution in [0.15, 0.2) is 48.7 Å². The van der Waals surface area contributed by atoms with Gasteiger partial charge >= 0.3 is 0 Å². The molecule has 0 saturated carbocycles. The molecule has 1 aromatic heterocycles. The van der Waals surface area contributed by atoms with Crippen molar-refractivity contribution < 1.29 is 4.79 Å². The molecule has 2 saturated heterocycles. The molecular formula is C24H34N6O. The van der Waals surface area contributed by atoms with Gasteiger partial charge in [0.1, 0.15) is 5.82 Å². The van der Waals surface area contributed by atoms with Crippen LogP contribution in [0.2, 0.25) is 0 Å². The van der Waals surface area contributed by atoms with Crippen molar-refractivity contribution in [3.63, 3.8) is 0 Å². The highest BCUT2D eigenvalue weighted by Gasteiger charge is 2.22. The minimum Gasteiger partial charge on any atom is -0.353 e. The van der Waals surface area contributed by atoms with Crippen molar-refractivity contribution in [3.8, 4) is 0 Å². The number of piperazine rings is 2. The number of aromatic nitrogens is 1. The van der Waals surface area contributed by atoms with Crippen LogP contribution in [-0.2, 0) is 0 Å². The SMILES string of the molecule is CN1CCN(CCCNC(=O)c2ccnc(N3CCNC(c4ccccc4)C3)c2)CC1. The first kappa shape index (κ1) is 21.7. The van der Waals surface area contributed by atoms with Gasteiger partial charge in [-0.25, -0.2) is 4.98 Å². The Kier molecular flexibility index (Phi) is 7.51. The summed E-state index contributed by atoms with van der Waals surface area (Å²) >= 11 is 0. The highest BCUT2D eigenvalue weighted by molar-refractivity contribution is 5.94. The average molecular weight is 423 g/mol. The van der Waals surface area contributed by atoms with Gasteiger partial charge in [0.15, 0.2) is 0 Å². The Morgan fingerprint density at radius 3 is 2.74 bits per heavy atom. The lowest BCUT2D eigenvalue weighted by Crippen LogP contribution is -2.46. The molecule has 3 heterocycles. The zero-order valence-electron chi connectivity index (χ0n) is 18.5. The standard InChI is InChI=1S/C24H34N6O/c1-28-14-16-29(17-15-28)12-5-9-27-24(31)21-8-10-26-23(18-21)30-13-11-25-22(19-30)20-6-3-2-4-7-20/h2-4,6-8,10,18,22,25H,5,9,11-17,19H2,1H3,(H,27,31). The lowest BCUT2D eigenvalue weighted by molar-refractivity contribution is 0.0949. The van der Waals surface area contributed by atoms with Crippen LogP contribution in [0.4, 0.5) is 5.82 Å². The normalized spacial score (nSPS) is 20.5. The Balaban J connectivity index is 1.28. The first-order valence-electron chi connectivity index (χ1n) is 11.4. The van der Waals surface area contributed by atoms with Crippen LogP contribution in [0.1, 0.15) is 28.4 Å². The van der Waals surface area contributed by atoms with Crippen LogP contribution < -0.4 is 15.5 Å². The van der Waals surface area contributed by atoms with Gasteiger partial charge < -0.3 is 25.3 Å². The second-order valence-electron chi connectivity index (χ2n) is 8.52. The van der Waals surface area contributed by atoms with Gasteiger partial charge in [0.05, 0.1) is 0 Å². The summed E-state index contributed by atoms with van der Waals surface area (Å²) in [4.78, 5) is 24.3. The second kappa shape index (κ2) is 10.7. The van der Waals surface area contributed by atoms with Gasteiger partial charge in [-0.1, -0.05) is 30.3 Å². The summed E-state index contributed by atoms with van der Waals surface area (Å²) < 4.78 is 0. The van der Waals surface area contributed by atoms with Crippen LogP contribution in [0.5, 0.6) is 0 Å². The zero-order valence-corrected chi connectivity index (χ0v) is 18.5. The van der Waals surface area contributed by atoms with E-state index in [9.17, 15) is 4.79 Å². The van der Waals surface area contributed by atoms with Gasteiger partial charge in [-0.3, -0.25) is 4.79 Å². The van der Waals surface area contributed by atoms with Crippen LogP contribution in [0, 0.1) is 0 Å². The van der Waals surface area contributed by atoms with E-state index in [0.29, 0.717) is 12.1 Å². The molecule has 1 atom stereocenters. The molecule has 0 spiro atoms. The molecule has 31 heavy (non-hydrogen) atoms. The van der Waals surface area contributed by atoms with E-state index in [0.717, 1.165) is 64.6 Å². The van der Waals surface area contributed by atoms with Crippen molar-refractivity contribution >= 4 is 11.7 Å². The third-order valence-electron chi connectivity index (χ3n) is 6.24.